The molecule has 1 fully saturated rings. The van der Waals surface area contributed by atoms with Crippen LogP contribution >= 0.6 is 0 Å². The summed E-state index contributed by atoms with van der Waals surface area (Å²) in [5.74, 6) is 3.14. The first-order valence-electron chi connectivity index (χ1n) is 11.3. The van der Waals surface area contributed by atoms with Crippen molar-refractivity contribution in [1.82, 2.24) is 24.7 Å². The Balaban J connectivity index is 1.22. The molecule has 1 unspecified atom stereocenters. The maximum Gasteiger partial charge on any atom is 0.227 e. The Morgan fingerprint density at radius 2 is 1.97 bits per heavy atom. The number of aromatic amines is 1. The van der Waals surface area contributed by atoms with Crippen molar-refractivity contribution < 1.29 is 4.79 Å². The van der Waals surface area contributed by atoms with Gasteiger partial charge in [-0.1, -0.05) is 19.3 Å². The number of nitrogens with one attached hydrogen (secondary N) is 2. The van der Waals surface area contributed by atoms with Crippen molar-refractivity contribution in [2.24, 2.45) is 11.7 Å². The zero-order chi connectivity index (χ0) is 21.2. The van der Waals surface area contributed by atoms with Crippen LogP contribution in [0.1, 0.15) is 61.8 Å². The van der Waals surface area contributed by atoms with Crippen LogP contribution in [0, 0.1) is 5.92 Å². The fourth-order valence-electron chi connectivity index (χ4n) is 4.86. The number of carbonyl (C=O) groups is 1. The number of anilines is 1. The Morgan fingerprint density at radius 1 is 1.16 bits per heavy atom. The number of H-pyrrole nitrogens is 1. The molecule has 1 aliphatic carbocycles. The molecule has 8 heteroatoms. The number of amides is 1. The normalized spacial score (nSPS) is 19.2. The summed E-state index contributed by atoms with van der Waals surface area (Å²) in [6.45, 7) is 1.20. The van der Waals surface area contributed by atoms with Crippen LogP contribution in [0.25, 0.3) is 11.4 Å². The Hall–Kier alpha value is -3.00. The van der Waals surface area contributed by atoms with Gasteiger partial charge in [0, 0.05) is 47.9 Å². The Morgan fingerprint density at radius 3 is 2.71 bits per heavy atom. The van der Waals surface area contributed by atoms with Gasteiger partial charge in [0.15, 0.2) is 5.82 Å². The summed E-state index contributed by atoms with van der Waals surface area (Å²) in [6.07, 6.45) is 10.1. The molecule has 3 heterocycles. The van der Waals surface area contributed by atoms with Gasteiger partial charge in [-0.2, -0.15) is 5.10 Å². The maximum atomic E-state index is 12.9. The Labute approximate surface area is 181 Å². The van der Waals surface area contributed by atoms with Crippen molar-refractivity contribution in [3.05, 3.63) is 47.8 Å². The summed E-state index contributed by atoms with van der Waals surface area (Å²) in [5.41, 5.74) is 8.43. The highest BCUT2D eigenvalue weighted by Gasteiger charge is 2.29. The van der Waals surface area contributed by atoms with Gasteiger partial charge < -0.3 is 15.6 Å². The van der Waals surface area contributed by atoms with E-state index in [9.17, 15) is 4.79 Å². The Kier molecular flexibility index (Phi) is 5.55. The monoisotopic (exact) mass is 419 g/mol. The minimum absolute atomic E-state index is 0.0248. The summed E-state index contributed by atoms with van der Waals surface area (Å²) in [5, 5.41) is 10.0. The minimum atomic E-state index is -0.0248. The van der Waals surface area contributed by atoms with Gasteiger partial charge in [-0.15, -0.1) is 0 Å². The Bertz CT molecular complexity index is 1050. The second-order valence-electron chi connectivity index (χ2n) is 8.66. The highest BCUT2D eigenvalue weighted by Crippen LogP contribution is 2.34. The van der Waals surface area contributed by atoms with Crippen LogP contribution < -0.4 is 11.1 Å². The topological polar surface area (TPSA) is 115 Å². The predicted molar refractivity (Wildman–Crippen MR) is 118 cm³/mol. The number of benzene rings is 1. The van der Waals surface area contributed by atoms with Crippen molar-refractivity contribution in [3.63, 3.8) is 0 Å². The number of imidazole rings is 1. The molecule has 31 heavy (non-hydrogen) atoms. The molecule has 1 amide bonds. The van der Waals surface area contributed by atoms with Gasteiger partial charge in [0.05, 0.1) is 6.54 Å². The molecular weight excluding hydrogens is 390 g/mol. The largest absolute Gasteiger partial charge is 0.332 e. The van der Waals surface area contributed by atoms with E-state index in [0.29, 0.717) is 24.1 Å². The number of hydrogen-bond donors (Lipinski definition) is 3. The van der Waals surface area contributed by atoms with Crippen LogP contribution in [0.5, 0.6) is 0 Å². The van der Waals surface area contributed by atoms with E-state index in [1.165, 1.54) is 43.6 Å². The molecule has 0 radical (unpaired) electrons. The smallest absolute Gasteiger partial charge is 0.227 e. The van der Waals surface area contributed by atoms with E-state index in [-0.39, 0.29) is 11.8 Å². The third-order valence-electron chi connectivity index (χ3n) is 6.60. The van der Waals surface area contributed by atoms with Crippen LogP contribution in [-0.2, 0) is 24.3 Å². The zero-order valence-corrected chi connectivity index (χ0v) is 17.7. The third-order valence-corrected chi connectivity index (χ3v) is 6.60. The van der Waals surface area contributed by atoms with Crippen molar-refractivity contribution in [2.45, 2.75) is 64.0 Å². The summed E-state index contributed by atoms with van der Waals surface area (Å²) in [4.78, 5) is 22.0. The first kappa shape index (κ1) is 19.9. The fraction of sp³-hybridized carbons (Fsp3) is 0.478. The highest BCUT2D eigenvalue weighted by molar-refractivity contribution is 5.93. The second-order valence-corrected chi connectivity index (χ2v) is 8.66. The first-order valence-corrected chi connectivity index (χ1v) is 11.3. The molecule has 0 bridgehead atoms. The first-order chi connectivity index (χ1) is 15.2. The fourth-order valence-corrected chi connectivity index (χ4v) is 4.86. The van der Waals surface area contributed by atoms with Crippen molar-refractivity contribution in [1.29, 1.82) is 0 Å². The molecule has 3 aromatic rings. The van der Waals surface area contributed by atoms with E-state index in [1.807, 2.05) is 30.5 Å². The molecule has 1 atom stereocenters. The molecule has 4 N–H and O–H groups in total. The molecule has 1 aliphatic heterocycles. The summed E-state index contributed by atoms with van der Waals surface area (Å²) in [7, 11) is 0. The SMILES string of the molecule is NCc1nc(-c2ccc(NC(=O)C3CCn4c(cnc4C4CCCCC4)C3)cc2)n[nH]1. The summed E-state index contributed by atoms with van der Waals surface area (Å²) in [6, 6.07) is 7.59. The van der Waals surface area contributed by atoms with Crippen LogP contribution in [0.2, 0.25) is 0 Å². The number of hydrogen-bond acceptors (Lipinski definition) is 5. The predicted octanol–water partition coefficient (Wildman–Crippen LogP) is 3.38. The van der Waals surface area contributed by atoms with Gasteiger partial charge in [-0.3, -0.25) is 9.89 Å². The molecule has 2 aliphatic rings. The molecule has 2 aromatic heterocycles. The van der Waals surface area contributed by atoms with Crippen LogP contribution in [0.4, 0.5) is 5.69 Å². The van der Waals surface area contributed by atoms with Gasteiger partial charge in [-0.05, 0) is 43.5 Å². The number of aromatic nitrogens is 5. The number of carbonyl (C=O) groups excluding carboxylic acids is 1. The molecule has 0 saturated heterocycles. The molecule has 1 aromatic carbocycles. The average Bonchev–Trinajstić information content (AvgIpc) is 3.47. The summed E-state index contributed by atoms with van der Waals surface area (Å²) < 4.78 is 2.38. The van der Waals surface area contributed by atoms with Crippen molar-refractivity contribution in [3.8, 4) is 11.4 Å². The highest BCUT2D eigenvalue weighted by atomic mass is 16.1. The van der Waals surface area contributed by atoms with Crippen molar-refractivity contribution >= 4 is 11.6 Å². The van der Waals surface area contributed by atoms with Gasteiger partial charge in [0.1, 0.15) is 11.6 Å². The van der Waals surface area contributed by atoms with Gasteiger partial charge >= 0.3 is 0 Å². The van der Waals surface area contributed by atoms with Gasteiger partial charge in [0.2, 0.25) is 5.91 Å². The van der Waals surface area contributed by atoms with Crippen LogP contribution in [0.15, 0.2) is 30.5 Å². The molecule has 1 saturated carbocycles. The number of rotatable bonds is 5. The number of nitrogens with two attached hydrogens (primary N) is 1. The van der Waals surface area contributed by atoms with Gasteiger partial charge in [-0.25, -0.2) is 9.97 Å². The molecule has 8 nitrogen and oxygen atoms in total. The minimum Gasteiger partial charge on any atom is -0.332 e. The van der Waals surface area contributed by atoms with E-state index in [0.717, 1.165) is 30.6 Å². The van der Waals surface area contributed by atoms with E-state index in [2.05, 4.69) is 25.1 Å². The quantitative estimate of drug-likeness (QED) is 0.586. The van der Waals surface area contributed by atoms with E-state index in [4.69, 9.17) is 10.7 Å². The lowest BCUT2D eigenvalue weighted by Gasteiger charge is -2.27. The molecule has 5 rings (SSSR count). The van der Waals surface area contributed by atoms with Gasteiger partial charge in [0.25, 0.3) is 0 Å². The van der Waals surface area contributed by atoms with E-state index >= 15 is 0 Å². The second kappa shape index (κ2) is 8.63. The average molecular weight is 420 g/mol. The molecular formula is C23H29N7O. The zero-order valence-electron chi connectivity index (χ0n) is 17.7. The van der Waals surface area contributed by atoms with Crippen LogP contribution in [0.3, 0.4) is 0 Å². The van der Waals surface area contributed by atoms with Crippen LogP contribution in [-0.4, -0.2) is 30.6 Å². The lowest BCUT2D eigenvalue weighted by molar-refractivity contribution is -0.120. The molecule has 0 spiro atoms. The van der Waals surface area contributed by atoms with E-state index in [1.54, 1.807) is 0 Å². The van der Waals surface area contributed by atoms with E-state index < -0.39 is 0 Å². The lowest BCUT2D eigenvalue weighted by Crippen LogP contribution is -2.31. The lowest BCUT2D eigenvalue weighted by atomic mass is 9.88. The maximum absolute atomic E-state index is 12.9. The third kappa shape index (κ3) is 4.12. The van der Waals surface area contributed by atoms with Crippen molar-refractivity contribution in [2.75, 3.05) is 5.32 Å². The standard InChI is InChI=1S/C23H29N7O/c24-13-20-27-21(29-28-20)15-6-8-18(9-7-15)26-23(31)17-10-11-30-19(12-17)14-25-22(30)16-4-2-1-3-5-16/h6-9,14,16-17H,1-5,10-13,24H2,(H,26,31)(H,27,28,29). The molecule has 162 valence electrons. The number of fused-ring (bicyclic) bond motifs is 1. The number of nitrogens with zero attached hydrogens (tertiary/aromatic N) is 4. The summed E-state index contributed by atoms with van der Waals surface area (Å²) >= 11 is 0.